The molecule has 15 aromatic rings. The minimum absolute atomic E-state index is 0.278. The first-order valence-corrected chi connectivity index (χ1v) is 31.1. The fourth-order valence-electron chi connectivity index (χ4n) is 14.8. The monoisotopic (exact) mass is 1160 g/mol. The van der Waals surface area contributed by atoms with Gasteiger partial charge in [0.15, 0.2) is 0 Å². The second kappa shape index (κ2) is 20.9. The lowest BCUT2D eigenvalue weighted by Gasteiger charge is -2.46. The van der Waals surface area contributed by atoms with Crippen LogP contribution in [0.4, 0.5) is 34.1 Å². The first-order chi connectivity index (χ1) is 44.7. The van der Waals surface area contributed by atoms with Crippen molar-refractivity contribution in [2.75, 3.05) is 9.80 Å². The predicted molar refractivity (Wildman–Crippen MR) is 379 cm³/mol. The number of aromatic nitrogens is 2. The Balaban J connectivity index is 1.05. The fraction of sp³-hybridized carbons (Fsp3) is 0.0476. The molecule has 0 bridgehead atoms. The number of nitrogens with zero attached hydrogens (tertiary/aromatic N) is 6. The van der Waals surface area contributed by atoms with Gasteiger partial charge in [0, 0.05) is 77.9 Å². The molecule has 0 N–H and O–H groups in total. The largest absolute Gasteiger partial charge is 0.310 e. The van der Waals surface area contributed by atoms with Crippen molar-refractivity contribution in [2.45, 2.75) is 26.2 Å². The zero-order chi connectivity index (χ0) is 61.1. The maximum atomic E-state index is 10.6. The Morgan fingerprint density at radius 1 is 0.319 bits per heavy atom. The Kier molecular flexibility index (Phi) is 12.2. The lowest BCUT2D eigenvalue weighted by atomic mass is 9.33. The van der Waals surface area contributed by atoms with Crippen LogP contribution in [-0.2, 0) is 5.41 Å². The minimum atomic E-state index is -0.361. The molecular weight excluding hydrogens is 1100 g/mol. The maximum absolute atomic E-state index is 10.6. The van der Waals surface area contributed by atoms with E-state index >= 15 is 0 Å². The van der Waals surface area contributed by atoms with Gasteiger partial charge in [0.05, 0.1) is 56.7 Å². The van der Waals surface area contributed by atoms with Crippen LogP contribution in [-0.4, -0.2) is 15.8 Å². The molecule has 0 radical (unpaired) electrons. The van der Waals surface area contributed by atoms with Crippen molar-refractivity contribution in [2.24, 2.45) is 0 Å². The molecule has 0 saturated carbocycles. The van der Waals surface area contributed by atoms with Gasteiger partial charge in [0.1, 0.15) is 0 Å². The lowest BCUT2D eigenvalue weighted by molar-refractivity contribution is 0.590. The summed E-state index contributed by atoms with van der Waals surface area (Å²) in [5.74, 6) is 0. The van der Waals surface area contributed by atoms with E-state index in [0.717, 1.165) is 129 Å². The van der Waals surface area contributed by atoms with Crippen LogP contribution in [0.2, 0.25) is 0 Å². The summed E-state index contributed by atoms with van der Waals surface area (Å²) in [5.41, 5.74) is 26.5. The van der Waals surface area contributed by atoms with Crippen molar-refractivity contribution < 1.29 is 0 Å². The average molecular weight is 1160 g/mol. The SMILES string of the molecule is CC(C)(C)c1cc2c3c(c1)N(c1c(-c4ccccc4)cccc1-c1cccc(C#N)c1)c1cc(-n4c5ccccc5c5ccccc54)ccc1B3c1ccc(-n3c4ccccc4c4ccccc43)cc1N2c1c(-c2ccccc2)cccc1-c1cccc(C#N)c1. The van der Waals surface area contributed by atoms with Crippen LogP contribution in [0.15, 0.2) is 291 Å². The van der Waals surface area contributed by atoms with E-state index in [9.17, 15) is 10.5 Å². The first-order valence-electron chi connectivity index (χ1n) is 31.1. The summed E-state index contributed by atoms with van der Waals surface area (Å²) in [5, 5.41) is 25.9. The fourth-order valence-corrected chi connectivity index (χ4v) is 14.8. The highest BCUT2D eigenvalue weighted by atomic mass is 15.2. The Bertz CT molecular complexity index is 5140. The van der Waals surface area contributed by atoms with Crippen molar-refractivity contribution >= 4 is 101 Å². The number of anilines is 6. The predicted octanol–water partition coefficient (Wildman–Crippen LogP) is 19.7. The zero-order valence-corrected chi connectivity index (χ0v) is 50.5. The number of para-hydroxylation sites is 6. The summed E-state index contributed by atoms with van der Waals surface area (Å²) in [6.07, 6.45) is 0. The normalized spacial score (nSPS) is 12.5. The molecule has 426 valence electrons. The van der Waals surface area contributed by atoms with Crippen molar-refractivity contribution in [1.29, 1.82) is 10.5 Å². The number of nitriles is 2. The van der Waals surface area contributed by atoms with Crippen LogP contribution in [0.1, 0.15) is 37.5 Å². The van der Waals surface area contributed by atoms with E-state index in [1.165, 1.54) is 27.0 Å². The number of fused-ring (bicyclic) bond motifs is 10. The summed E-state index contributed by atoms with van der Waals surface area (Å²) in [4.78, 5) is 5.17. The van der Waals surface area contributed by atoms with Gasteiger partial charge in [-0.15, -0.1) is 0 Å². The van der Waals surface area contributed by atoms with Crippen molar-refractivity contribution in [3.05, 3.63) is 308 Å². The molecule has 0 saturated heterocycles. The standard InChI is InChI=1S/C84H57BN6/c1-84(2,3)60-48-79-81-80(49-60)91(83-64(57-26-8-5-9-27-57)35-21-37-66(83)59-29-19-23-55(47-59)53-87)78-51-62(89-75-40-16-12-32-69(75)70-33-13-17-41-76(70)89)43-45-72(78)85(81)71-44-42-61(88-73-38-14-10-30-67(73)68-31-11-15-39-74(68)88)50-77(71)90(79)82-63(56-24-6-4-7-25-56)34-20-36-65(82)58-28-18-22-54(46-58)52-86/h4-51H,1-3H3. The second-order valence-electron chi connectivity index (χ2n) is 25.0. The Labute approximate surface area is 529 Å². The van der Waals surface area contributed by atoms with Crippen molar-refractivity contribution in [3.8, 4) is 68.0 Å². The van der Waals surface area contributed by atoms with E-state index in [2.05, 4.69) is 307 Å². The molecule has 0 atom stereocenters. The molecule has 2 aromatic heterocycles. The van der Waals surface area contributed by atoms with E-state index < -0.39 is 0 Å². The third kappa shape index (κ3) is 8.40. The molecule has 0 aliphatic carbocycles. The van der Waals surface area contributed by atoms with Crippen molar-refractivity contribution in [3.63, 3.8) is 0 Å². The van der Waals surface area contributed by atoms with E-state index in [-0.39, 0.29) is 12.1 Å². The molecule has 2 aliphatic rings. The van der Waals surface area contributed by atoms with Crippen LogP contribution in [0, 0.1) is 22.7 Å². The third-order valence-electron chi connectivity index (χ3n) is 18.9. The van der Waals surface area contributed by atoms with Gasteiger partial charge in [-0.2, -0.15) is 10.5 Å². The number of rotatable bonds is 8. The molecule has 6 nitrogen and oxygen atoms in total. The lowest BCUT2D eigenvalue weighted by Crippen LogP contribution is -2.61. The highest BCUT2D eigenvalue weighted by molar-refractivity contribution is 7.00. The summed E-state index contributed by atoms with van der Waals surface area (Å²) in [6, 6.07) is 110. The van der Waals surface area contributed by atoms with E-state index in [0.29, 0.717) is 11.1 Å². The van der Waals surface area contributed by atoms with Gasteiger partial charge in [0.25, 0.3) is 6.71 Å². The molecular formula is C84H57BN6. The van der Waals surface area contributed by atoms with Gasteiger partial charge in [0.2, 0.25) is 0 Å². The average Bonchev–Trinajstić information content (AvgIpc) is 1.16. The molecule has 0 amide bonds. The first kappa shape index (κ1) is 53.4. The quantitative estimate of drug-likeness (QED) is 0.142. The molecule has 13 aromatic carbocycles. The highest BCUT2D eigenvalue weighted by Crippen LogP contribution is 2.54. The summed E-state index contributed by atoms with van der Waals surface area (Å²) in [6.45, 7) is 6.71. The smallest absolute Gasteiger partial charge is 0.252 e. The van der Waals surface area contributed by atoms with Crippen LogP contribution in [0.25, 0.3) is 99.5 Å². The maximum Gasteiger partial charge on any atom is 0.252 e. The molecule has 0 spiro atoms. The van der Waals surface area contributed by atoms with Gasteiger partial charge in [-0.1, -0.05) is 227 Å². The number of benzene rings is 13. The van der Waals surface area contributed by atoms with Crippen LogP contribution in [0.5, 0.6) is 0 Å². The van der Waals surface area contributed by atoms with Crippen LogP contribution < -0.4 is 26.2 Å². The van der Waals surface area contributed by atoms with Crippen molar-refractivity contribution in [1.82, 2.24) is 9.13 Å². The minimum Gasteiger partial charge on any atom is -0.310 e. The van der Waals surface area contributed by atoms with Gasteiger partial charge in [-0.3, -0.25) is 0 Å². The van der Waals surface area contributed by atoms with Gasteiger partial charge >= 0.3 is 0 Å². The molecule has 4 heterocycles. The van der Waals surface area contributed by atoms with E-state index in [1.807, 2.05) is 36.4 Å². The van der Waals surface area contributed by atoms with Crippen LogP contribution in [0.3, 0.4) is 0 Å². The Morgan fingerprint density at radius 2 is 0.659 bits per heavy atom. The number of hydrogen-bond donors (Lipinski definition) is 0. The molecule has 0 unspecified atom stereocenters. The molecule has 0 fully saturated rings. The molecule has 17 rings (SSSR count). The molecule has 2 aliphatic heterocycles. The van der Waals surface area contributed by atoms with Gasteiger partial charge in [-0.05, 0) is 135 Å². The van der Waals surface area contributed by atoms with E-state index in [1.54, 1.807) is 0 Å². The zero-order valence-electron chi connectivity index (χ0n) is 50.5. The highest BCUT2D eigenvalue weighted by Gasteiger charge is 2.46. The topological polar surface area (TPSA) is 63.9 Å². The second-order valence-corrected chi connectivity index (χ2v) is 25.0. The molecule has 7 heteroatoms. The number of hydrogen-bond acceptors (Lipinski definition) is 4. The Morgan fingerprint density at radius 3 is 1.03 bits per heavy atom. The summed E-state index contributed by atoms with van der Waals surface area (Å²) >= 11 is 0. The molecule has 91 heavy (non-hydrogen) atoms. The summed E-state index contributed by atoms with van der Waals surface area (Å²) in [7, 11) is 0. The Hall–Kier alpha value is -11.9. The van der Waals surface area contributed by atoms with E-state index in [4.69, 9.17) is 0 Å². The van der Waals surface area contributed by atoms with Crippen LogP contribution >= 0.6 is 0 Å². The third-order valence-corrected chi connectivity index (χ3v) is 18.9. The van der Waals surface area contributed by atoms with Gasteiger partial charge < -0.3 is 18.9 Å². The van der Waals surface area contributed by atoms with Gasteiger partial charge in [-0.25, -0.2) is 0 Å². The summed E-state index contributed by atoms with van der Waals surface area (Å²) < 4.78 is 4.88.